The standard InChI is InChI=1S/C14H16ClNO4/c15-10-5-3-4-9(8-10)11(17)12(18)16-14(13(19)20)6-1-2-7-14/h3-5,8,11,17H,1-2,6-7H2,(H,16,18)(H,19,20). The van der Waals surface area contributed by atoms with E-state index in [4.69, 9.17) is 11.6 Å². The van der Waals surface area contributed by atoms with E-state index < -0.39 is 23.5 Å². The quantitative estimate of drug-likeness (QED) is 0.792. The first kappa shape index (κ1) is 14.8. The molecule has 0 radical (unpaired) electrons. The number of hydrogen-bond donors (Lipinski definition) is 3. The monoisotopic (exact) mass is 297 g/mol. The minimum atomic E-state index is -1.43. The molecule has 1 aromatic rings. The second kappa shape index (κ2) is 5.81. The van der Waals surface area contributed by atoms with Gasteiger partial charge in [0.1, 0.15) is 5.54 Å². The Balaban J connectivity index is 2.13. The van der Waals surface area contributed by atoms with Gasteiger partial charge < -0.3 is 15.5 Å². The molecule has 5 nitrogen and oxygen atoms in total. The van der Waals surface area contributed by atoms with Gasteiger partial charge in [0, 0.05) is 5.02 Å². The molecule has 1 aromatic carbocycles. The highest BCUT2D eigenvalue weighted by Crippen LogP contribution is 2.30. The molecule has 2 rings (SSSR count). The Morgan fingerprint density at radius 3 is 2.50 bits per heavy atom. The van der Waals surface area contributed by atoms with Crippen LogP contribution in [0.25, 0.3) is 0 Å². The molecule has 0 aliphatic heterocycles. The topological polar surface area (TPSA) is 86.6 Å². The van der Waals surface area contributed by atoms with E-state index in [9.17, 15) is 19.8 Å². The molecule has 1 fully saturated rings. The number of aliphatic carboxylic acids is 1. The third-order valence-corrected chi connectivity index (χ3v) is 3.88. The number of amides is 1. The molecular formula is C14H16ClNO4. The van der Waals surface area contributed by atoms with Crippen LogP contribution >= 0.6 is 11.6 Å². The Morgan fingerprint density at radius 2 is 1.95 bits per heavy atom. The maximum absolute atomic E-state index is 12.1. The van der Waals surface area contributed by atoms with Gasteiger partial charge in [0.25, 0.3) is 5.91 Å². The molecule has 1 aliphatic rings. The summed E-state index contributed by atoms with van der Waals surface area (Å²) < 4.78 is 0. The summed E-state index contributed by atoms with van der Waals surface area (Å²) in [6.07, 6.45) is 0.845. The van der Waals surface area contributed by atoms with Crippen molar-refractivity contribution in [2.75, 3.05) is 0 Å². The summed E-state index contributed by atoms with van der Waals surface area (Å²) >= 11 is 5.80. The van der Waals surface area contributed by atoms with Crippen molar-refractivity contribution in [2.24, 2.45) is 0 Å². The predicted octanol–water partition coefficient (Wildman–Crippen LogP) is 1.89. The Labute approximate surface area is 121 Å². The second-order valence-corrected chi connectivity index (χ2v) is 5.48. The average Bonchev–Trinajstić information content (AvgIpc) is 2.87. The van der Waals surface area contributed by atoms with Crippen LogP contribution in [0, 0.1) is 0 Å². The van der Waals surface area contributed by atoms with E-state index in [-0.39, 0.29) is 0 Å². The number of hydrogen-bond acceptors (Lipinski definition) is 3. The normalized spacial score (nSPS) is 18.5. The molecule has 3 N–H and O–H groups in total. The summed E-state index contributed by atoms with van der Waals surface area (Å²) in [5.74, 6) is -1.77. The number of carboxylic acid groups (broad SMARTS) is 1. The highest BCUT2D eigenvalue weighted by Gasteiger charge is 2.43. The minimum Gasteiger partial charge on any atom is -0.480 e. The van der Waals surface area contributed by atoms with E-state index in [1.165, 1.54) is 6.07 Å². The molecule has 1 aliphatic carbocycles. The molecule has 0 heterocycles. The van der Waals surface area contributed by atoms with Crippen molar-refractivity contribution in [1.82, 2.24) is 5.32 Å². The van der Waals surface area contributed by atoms with Crippen LogP contribution in [-0.4, -0.2) is 27.6 Å². The Kier molecular flexibility index (Phi) is 4.30. The van der Waals surface area contributed by atoms with Gasteiger partial charge in [0.05, 0.1) is 0 Å². The maximum atomic E-state index is 12.1. The van der Waals surface area contributed by atoms with E-state index >= 15 is 0 Å². The van der Waals surface area contributed by atoms with E-state index in [0.717, 1.165) is 12.8 Å². The highest BCUT2D eigenvalue weighted by atomic mass is 35.5. The van der Waals surface area contributed by atoms with Gasteiger partial charge in [-0.1, -0.05) is 36.6 Å². The third-order valence-electron chi connectivity index (χ3n) is 3.64. The average molecular weight is 298 g/mol. The van der Waals surface area contributed by atoms with Gasteiger partial charge in [-0.3, -0.25) is 4.79 Å². The number of halogens is 1. The highest BCUT2D eigenvalue weighted by molar-refractivity contribution is 6.30. The fourth-order valence-electron chi connectivity index (χ4n) is 2.50. The van der Waals surface area contributed by atoms with Crippen LogP contribution < -0.4 is 5.32 Å². The first-order chi connectivity index (χ1) is 9.44. The van der Waals surface area contributed by atoms with Crippen molar-refractivity contribution in [3.05, 3.63) is 34.9 Å². The van der Waals surface area contributed by atoms with E-state index in [2.05, 4.69) is 5.32 Å². The van der Waals surface area contributed by atoms with Crippen LogP contribution in [0.4, 0.5) is 0 Å². The molecule has 0 spiro atoms. The lowest BCUT2D eigenvalue weighted by molar-refractivity contribution is -0.149. The number of nitrogens with one attached hydrogen (secondary N) is 1. The number of carbonyl (C=O) groups excluding carboxylic acids is 1. The SMILES string of the molecule is O=C(NC1(C(=O)O)CCCC1)C(O)c1cccc(Cl)c1. The van der Waals surface area contributed by atoms with Crippen molar-refractivity contribution in [3.63, 3.8) is 0 Å². The van der Waals surface area contributed by atoms with E-state index in [1.54, 1.807) is 18.2 Å². The molecule has 1 amide bonds. The van der Waals surface area contributed by atoms with E-state index in [1.807, 2.05) is 0 Å². The van der Waals surface area contributed by atoms with E-state index in [0.29, 0.717) is 23.4 Å². The van der Waals surface area contributed by atoms with Gasteiger partial charge in [0.2, 0.25) is 0 Å². The molecule has 0 bridgehead atoms. The fraction of sp³-hybridized carbons (Fsp3) is 0.429. The molecular weight excluding hydrogens is 282 g/mol. The molecule has 0 aromatic heterocycles. The lowest BCUT2D eigenvalue weighted by Gasteiger charge is -2.26. The van der Waals surface area contributed by atoms with Crippen LogP contribution in [0.1, 0.15) is 37.4 Å². The summed E-state index contributed by atoms with van der Waals surface area (Å²) in [6, 6.07) is 6.30. The zero-order valence-corrected chi connectivity index (χ0v) is 11.6. The first-order valence-electron chi connectivity index (χ1n) is 6.43. The zero-order chi connectivity index (χ0) is 14.8. The number of benzene rings is 1. The third kappa shape index (κ3) is 2.94. The van der Waals surface area contributed by atoms with Crippen LogP contribution in [0.3, 0.4) is 0 Å². The fourth-order valence-corrected chi connectivity index (χ4v) is 2.70. The van der Waals surface area contributed by atoms with Gasteiger partial charge >= 0.3 is 5.97 Å². The second-order valence-electron chi connectivity index (χ2n) is 5.04. The molecule has 1 saturated carbocycles. The number of aliphatic hydroxyl groups excluding tert-OH is 1. The zero-order valence-electron chi connectivity index (χ0n) is 10.8. The maximum Gasteiger partial charge on any atom is 0.329 e. The van der Waals surface area contributed by atoms with Crippen molar-refractivity contribution in [3.8, 4) is 0 Å². The first-order valence-corrected chi connectivity index (χ1v) is 6.81. The number of carbonyl (C=O) groups is 2. The van der Waals surface area contributed by atoms with Crippen molar-refractivity contribution in [1.29, 1.82) is 0 Å². The Hall–Kier alpha value is -1.59. The summed E-state index contributed by atoms with van der Waals surface area (Å²) in [7, 11) is 0. The summed E-state index contributed by atoms with van der Waals surface area (Å²) in [5, 5.41) is 22.2. The lowest BCUT2D eigenvalue weighted by atomic mass is 9.96. The number of rotatable bonds is 4. The van der Waals surface area contributed by atoms with Crippen molar-refractivity contribution >= 4 is 23.5 Å². The van der Waals surface area contributed by atoms with Crippen molar-refractivity contribution < 1.29 is 19.8 Å². The van der Waals surface area contributed by atoms with Crippen LogP contribution in [-0.2, 0) is 9.59 Å². The van der Waals surface area contributed by atoms with Crippen LogP contribution in [0.15, 0.2) is 24.3 Å². The largest absolute Gasteiger partial charge is 0.480 e. The van der Waals surface area contributed by atoms with Crippen molar-refractivity contribution in [2.45, 2.75) is 37.3 Å². The lowest BCUT2D eigenvalue weighted by Crippen LogP contribution is -2.53. The number of carboxylic acids is 1. The molecule has 1 unspecified atom stereocenters. The predicted molar refractivity (Wildman–Crippen MR) is 73.4 cm³/mol. The molecule has 20 heavy (non-hydrogen) atoms. The van der Waals surface area contributed by atoms with Gasteiger partial charge in [-0.15, -0.1) is 0 Å². The molecule has 6 heteroatoms. The van der Waals surface area contributed by atoms with Gasteiger partial charge in [0.15, 0.2) is 6.10 Å². The summed E-state index contributed by atoms with van der Waals surface area (Å²) in [4.78, 5) is 23.4. The van der Waals surface area contributed by atoms with Crippen LogP contribution in [0.2, 0.25) is 5.02 Å². The van der Waals surface area contributed by atoms with Crippen LogP contribution in [0.5, 0.6) is 0 Å². The summed E-state index contributed by atoms with van der Waals surface area (Å²) in [5.41, 5.74) is -0.912. The number of aliphatic hydroxyl groups is 1. The van der Waals surface area contributed by atoms with Gasteiger partial charge in [-0.2, -0.15) is 0 Å². The smallest absolute Gasteiger partial charge is 0.329 e. The molecule has 108 valence electrons. The van der Waals surface area contributed by atoms with Gasteiger partial charge in [-0.05, 0) is 30.5 Å². The minimum absolute atomic E-state index is 0.341. The molecule has 1 atom stereocenters. The Morgan fingerprint density at radius 1 is 1.30 bits per heavy atom. The molecule has 0 saturated heterocycles. The summed E-state index contributed by atoms with van der Waals surface area (Å²) in [6.45, 7) is 0. The Bertz CT molecular complexity index is 526. The van der Waals surface area contributed by atoms with Gasteiger partial charge in [-0.25, -0.2) is 4.79 Å².